The van der Waals surface area contributed by atoms with Crippen molar-refractivity contribution in [2.45, 2.75) is 6.92 Å². The first-order chi connectivity index (χ1) is 7.99. The fourth-order valence-electron chi connectivity index (χ4n) is 1.20. The van der Waals surface area contributed by atoms with Gasteiger partial charge in [0, 0.05) is 10.4 Å². The molecule has 0 fully saturated rings. The Bertz CT molecular complexity index is 572. The molecule has 0 aliphatic heterocycles. The van der Waals surface area contributed by atoms with E-state index >= 15 is 0 Å². The Balaban J connectivity index is 2.54. The van der Waals surface area contributed by atoms with Crippen LogP contribution in [0.5, 0.6) is 0 Å². The number of nitrogens with zero attached hydrogens (tertiary/aromatic N) is 4. The summed E-state index contributed by atoms with van der Waals surface area (Å²) in [6, 6.07) is 0. The highest BCUT2D eigenvalue weighted by Gasteiger charge is 2.33. The van der Waals surface area contributed by atoms with E-state index in [1.54, 1.807) is 12.3 Å². The van der Waals surface area contributed by atoms with E-state index in [1.165, 1.54) is 11.3 Å². The van der Waals surface area contributed by atoms with Crippen LogP contribution in [0, 0.1) is 27.2 Å². The predicted octanol–water partition coefficient (Wildman–Crippen LogP) is 1.66. The average Bonchev–Trinajstić information content (AvgIpc) is 2.82. The molecule has 10 heteroatoms. The van der Waals surface area contributed by atoms with Gasteiger partial charge < -0.3 is 20.2 Å². The molecule has 9 nitrogen and oxygen atoms in total. The van der Waals surface area contributed by atoms with Gasteiger partial charge in [-0.25, -0.2) is 4.98 Å². The van der Waals surface area contributed by atoms with Crippen LogP contribution >= 0.6 is 11.3 Å². The minimum atomic E-state index is -0.905. The van der Waals surface area contributed by atoms with Gasteiger partial charge in [0.25, 0.3) is 0 Å². The van der Waals surface area contributed by atoms with Crippen LogP contribution in [0.3, 0.4) is 0 Å². The lowest BCUT2D eigenvalue weighted by Gasteiger charge is -1.88. The highest BCUT2D eigenvalue weighted by molar-refractivity contribution is 7.09. The summed E-state index contributed by atoms with van der Waals surface area (Å²) in [6.45, 7) is 1.75. The second kappa shape index (κ2) is 3.90. The molecule has 0 aromatic carbocycles. The van der Waals surface area contributed by atoms with Crippen molar-refractivity contribution in [3.05, 3.63) is 30.6 Å². The molecule has 0 radical (unpaired) electrons. The summed E-state index contributed by atoms with van der Waals surface area (Å²) in [5, 5.41) is 23.5. The summed E-state index contributed by atoms with van der Waals surface area (Å²) in [5.74, 6) is -1.53. The molecular formula is C7H5N5O4S. The van der Waals surface area contributed by atoms with Gasteiger partial charge in [-0.15, -0.1) is 11.3 Å². The Morgan fingerprint density at radius 3 is 2.41 bits per heavy atom. The van der Waals surface area contributed by atoms with E-state index in [-0.39, 0.29) is 5.82 Å². The molecule has 0 atom stereocenters. The van der Waals surface area contributed by atoms with E-state index in [1.807, 2.05) is 0 Å². The van der Waals surface area contributed by atoms with Crippen LogP contribution in [0.4, 0.5) is 11.6 Å². The van der Waals surface area contributed by atoms with Crippen molar-refractivity contribution >= 4 is 23.0 Å². The molecule has 0 spiro atoms. The number of hydrogen-bond acceptors (Lipinski definition) is 7. The number of hydrogen-bond donors (Lipinski definition) is 1. The quantitative estimate of drug-likeness (QED) is 0.655. The number of nitrogens with one attached hydrogen (secondary N) is 1. The summed E-state index contributed by atoms with van der Waals surface area (Å²) in [5.41, 5.74) is 0.351. The maximum Gasteiger partial charge on any atom is 0.462 e. The van der Waals surface area contributed by atoms with E-state index in [9.17, 15) is 20.2 Å². The van der Waals surface area contributed by atoms with E-state index < -0.39 is 21.5 Å². The number of nitro groups is 2. The van der Waals surface area contributed by atoms with Crippen LogP contribution < -0.4 is 0 Å². The summed E-state index contributed by atoms with van der Waals surface area (Å²) >= 11 is 1.32. The van der Waals surface area contributed by atoms with Gasteiger partial charge in [0.1, 0.15) is 0 Å². The molecule has 2 aromatic heterocycles. The lowest BCUT2D eigenvalue weighted by Crippen LogP contribution is -1.94. The average molecular weight is 255 g/mol. The zero-order valence-electron chi connectivity index (χ0n) is 8.41. The molecule has 0 aliphatic carbocycles. The number of aromatic amines is 1. The van der Waals surface area contributed by atoms with Gasteiger partial charge in [-0.3, -0.25) is 0 Å². The third kappa shape index (κ3) is 1.97. The minimum absolute atomic E-state index is 0.0211. The smallest absolute Gasteiger partial charge is 0.358 e. The molecule has 0 saturated heterocycles. The molecule has 1 N–H and O–H groups in total. The van der Waals surface area contributed by atoms with Crippen molar-refractivity contribution in [1.29, 1.82) is 0 Å². The SMILES string of the molecule is Cc1nc(-c2nc([N+](=O)[O-])c([N+](=O)[O-])[nH]2)cs1. The normalized spacial score (nSPS) is 10.4. The molecule has 0 amide bonds. The zero-order chi connectivity index (χ0) is 12.6. The van der Waals surface area contributed by atoms with Crippen LogP contribution in [0.2, 0.25) is 0 Å². The summed E-state index contributed by atoms with van der Waals surface area (Å²) in [4.78, 5) is 29.3. The molecule has 2 rings (SSSR count). The number of rotatable bonds is 3. The van der Waals surface area contributed by atoms with Crippen molar-refractivity contribution in [3.63, 3.8) is 0 Å². The van der Waals surface area contributed by atoms with Gasteiger partial charge >= 0.3 is 17.5 Å². The Hall–Kier alpha value is -2.36. The number of H-pyrrole nitrogens is 1. The number of aryl methyl sites for hydroxylation is 1. The first-order valence-electron chi connectivity index (χ1n) is 4.30. The maximum absolute atomic E-state index is 10.6. The van der Waals surface area contributed by atoms with Gasteiger partial charge in [0.05, 0.1) is 5.01 Å². The lowest BCUT2D eigenvalue weighted by molar-refractivity contribution is -0.427. The van der Waals surface area contributed by atoms with Crippen molar-refractivity contribution < 1.29 is 9.85 Å². The first kappa shape index (κ1) is 11.1. The van der Waals surface area contributed by atoms with Crippen LogP contribution in [0.25, 0.3) is 11.5 Å². The molecule has 2 heterocycles. The molecule has 0 saturated carbocycles. The monoisotopic (exact) mass is 255 g/mol. The van der Waals surface area contributed by atoms with E-state index in [4.69, 9.17) is 0 Å². The van der Waals surface area contributed by atoms with Gasteiger partial charge in [-0.1, -0.05) is 0 Å². The van der Waals surface area contributed by atoms with Crippen LogP contribution in [-0.4, -0.2) is 24.8 Å². The number of thiazole rings is 1. The van der Waals surface area contributed by atoms with E-state index in [0.29, 0.717) is 5.69 Å². The zero-order valence-corrected chi connectivity index (χ0v) is 9.22. The van der Waals surface area contributed by atoms with Crippen molar-refractivity contribution in [2.24, 2.45) is 0 Å². The Morgan fingerprint density at radius 2 is 2.00 bits per heavy atom. The van der Waals surface area contributed by atoms with Crippen LogP contribution in [0.15, 0.2) is 5.38 Å². The van der Waals surface area contributed by atoms with E-state index in [2.05, 4.69) is 15.0 Å². The Morgan fingerprint density at radius 1 is 1.29 bits per heavy atom. The molecule has 2 aromatic rings. The third-order valence-corrected chi connectivity index (χ3v) is 2.66. The van der Waals surface area contributed by atoms with Crippen molar-refractivity contribution in [1.82, 2.24) is 15.0 Å². The van der Waals surface area contributed by atoms with Gasteiger partial charge in [-0.2, -0.15) is 4.98 Å². The summed E-state index contributed by atoms with van der Waals surface area (Å²) in [6.07, 6.45) is 0. The van der Waals surface area contributed by atoms with Gasteiger partial charge in [0.2, 0.25) is 0 Å². The Labute approximate surface area is 97.4 Å². The van der Waals surface area contributed by atoms with Crippen molar-refractivity contribution in [3.8, 4) is 11.5 Å². The molecule has 17 heavy (non-hydrogen) atoms. The van der Waals surface area contributed by atoms with Crippen LogP contribution in [-0.2, 0) is 0 Å². The number of imidazole rings is 1. The second-order valence-electron chi connectivity index (χ2n) is 3.02. The Kier molecular flexibility index (Phi) is 2.55. The number of aromatic nitrogens is 3. The molecular weight excluding hydrogens is 250 g/mol. The van der Waals surface area contributed by atoms with Crippen LogP contribution in [0.1, 0.15) is 5.01 Å². The third-order valence-electron chi connectivity index (χ3n) is 1.88. The molecule has 0 bridgehead atoms. The first-order valence-corrected chi connectivity index (χ1v) is 5.18. The predicted molar refractivity (Wildman–Crippen MR) is 57.7 cm³/mol. The summed E-state index contributed by atoms with van der Waals surface area (Å²) < 4.78 is 0. The highest BCUT2D eigenvalue weighted by Crippen LogP contribution is 2.28. The van der Waals surface area contributed by atoms with Gasteiger partial charge in [-0.05, 0) is 16.8 Å². The largest absolute Gasteiger partial charge is 0.462 e. The van der Waals surface area contributed by atoms with E-state index in [0.717, 1.165) is 5.01 Å². The fourth-order valence-corrected chi connectivity index (χ4v) is 1.80. The lowest BCUT2D eigenvalue weighted by atomic mass is 10.5. The second-order valence-corrected chi connectivity index (χ2v) is 4.09. The molecule has 0 aliphatic rings. The topological polar surface area (TPSA) is 128 Å². The van der Waals surface area contributed by atoms with Gasteiger partial charge in [0.15, 0.2) is 5.69 Å². The maximum atomic E-state index is 10.6. The minimum Gasteiger partial charge on any atom is -0.358 e. The molecule has 88 valence electrons. The molecule has 0 unspecified atom stereocenters. The van der Waals surface area contributed by atoms with Crippen molar-refractivity contribution in [2.75, 3.05) is 0 Å². The highest BCUT2D eigenvalue weighted by atomic mass is 32.1. The fraction of sp³-hybridized carbons (Fsp3) is 0.143. The summed E-state index contributed by atoms with van der Waals surface area (Å²) in [7, 11) is 0. The standard InChI is InChI=1S/C7H5N5O4S/c1-3-8-4(2-17-3)5-9-6(11(13)14)7(10-5)12(15)16/h2H,1H3,(H,9,10).